The molecule has 27 heavy (non-hydrogen) atoms. The number of nitrogens with one attached hydrogen (secondary N) is 2. The lowest BCUT2D eigenvalue weighted by molar-refractivity contribution is -0.103. The Morgan fingerprint density at radius 1 is 1.04 bits per heavy atom. The Morgan fingerprint density at radius 2 is 1.85 bits per heavy atom. The summed E-state index contributed by atoms with van der Waals surface area (Å²) in [7, 11) is 0. The lowest BCUT2D eigenvalue weighted by Gasteiger charge is -2.43. The summed E-state index contributed by atoms with van der Waals surface area (Å²) in [4.78, 5) is 12.3. The van der Waals surface area contributed by atoms with Gasteiger partial charge < -0.3 is 15.4 Å². The summed E-state index contributed by atoms with van der Waals surface area (Å²) in [5.74, 6) is 0.455. The minimum absolute atomic E-state index is 0.0527. The van der Waals surface area contributed by atoms with E-state index in [0.29, 0.717) is 17.6 Å². The van der Waals surface area contributed by atoms with Gasteiger partial charge in [-0.2, -0.15) is 0 Å². The van der Waals surface area contributed by atoms with E-state index in [1.54, 1.807) is 6.07 Å². The van der Waals surface area contributed by atoms with Crippen LogP contribution in [0.5, 0.6) is 0 Å². The van der Waals surface area contributed by atoms with E-state index in [-0.39, 0.29) is 11.5 Å². The van der Waals surface area contributed by atoms with Crippen LogP contribution in [0.4, 0.5) is 11.5 Å². The molecule has 0 bridgehead atoms. The largest absolute Gasteiger partial charge is 0.375 e. The Balaban J connectivity index is 1.35. The van der Waals surface area contributed by atoms with Crippen LogP contribution in [-0.2, 0) is 4.74 Å². The van der Waals surface area contributed by atoms with E-state index in [1.165, 1.54) is 19.3 Å². The van der Waals surface area contributed by atoms with Crippen LogP contribution < -0.4 is 10.6 Å². The molecule has 1 aliphatic carbocycles. The second kappa shape index (κ2) is 8.05. The topological polar surface area (TPSA) is 76.1 Å². The number of para-hydroxylation sites is 1. The smallest absolute Gasteiger partial charge is 0.276 e. The molecule has 2 N–H and O–H groups in total. The van der Waals surface area contributed by atoms with Crippen molar-refractivity contribution in [2.75, 3.05) is 17.2 Å². The van der Waals surface area contributed by atoms with Crippen molar-refractivity contribution in [2.24, 2.45) is 0 Å². The summed E-state index contributed by atoms with van der Waals surface area (Å²) in [6, 6.07) is 13.2. The molecule has 2 heterocycles. The molecular weight excluding hydrogens is 340 g/mol. The SMILES string of the molecule is O=C(Nc1ccccc1)c1ccc(NC2CCOC3(CCCCC3)C2)nn1. The van der Waals surface area contributed by atoms with Crippen LogP contribution in [0.1, 0.15) is 55.4 Å². The Kier molecular flexibility index (Phi) is 5.34. The van der Waals surface area contributed by atoms with E-state index in [9.17, 15) is 4.79 Å². The molecule has 1 aromatic carbocycles. The molecule has 1 aliphatic heterocycles. The number of hydrogen-bond donors (Lipinski definition) is 2. The minimum Gasteiger partial charge on any atom is -0.375 e. The summed E-state index contributed by atoms with van der Waals surface area (Å²) < 4.78 is 6.15. The van der Waals surface area contributed by atoms with Crippen molar-refractivity contribution in [3.63, 3.8) is 0 Å². The number of carbonyl (C=O) groups excluding carboxylic acids is 1. The van der Waals surface area contributed by atoms with Gasteiger partial charge in [0.15, 0.2) is 5.69 Å². The summed E-state index contributed by atoms with van der Waals surface area (Å²) in [5.41, 5.74) is 1.10. The number of hydrogen-bond acceptors (Lipinski definition) is 5. The first kappa shape index (κ1) is 17.9. The molecule has 1 aromatic heterocycles. The molecule has 1 saturated carbocycles. The zero-order chi connectivity index (χ0) is 18.5. The van der Waals surface area contributed by atoms with Gasteiger partial charge in [0, 0.05) is 18.3 Å². The first-order chi connectivity index (χ1) is 13.2. The van der Waals surface area contributed by atoms with Crippen molar-refractivity contribution in [1.82, 2.24) is 10.2 Å². The predicted molar refractivity (Wildman–Crippen MR) is 105 cm³/mol. The van der Waals surface area contributed by atoms with Crippen molar-refractivity contribution in [3.8, 4) is 0 Å². The number of amides is 1. The van der Waals surface area contributed by atoms with Crippen LogP contribution in [-0.4, -0.2) is 34.4 Å². The third-order valence-electron chi connectivity index (χ3n) is 5.54. The number of ether oxygens (including phenoxy) is 1. The molecule has 2 fully saturated rings. The quantitative estimate of drug-likeness (QED) is 0.855. The fourth-order valence-electron chi connectivity index (χ4n) is 4.15. The third kappa shape index (κ3) is 4.45. The molecule has 0 radical (unpaired) electrons. The molecule has 1 amide bonds. The molecule has 142 valence electrons. The maximum Gasteiger partial charge on any atom is 0.276 e. The van der Waals surface area contributed by atoms with Gasteiger partial charge in [-0.15, -0.1) is 10.2 Å². The maximum atomic E-state index is 12.3. The normalized spacial score (nSPS) is 21.6. The second-order valence-electron chi connectivity index (χ2n) is 7.55. The van der Waals surface area contributed by atoms with Crippen molar-refractivity contribution >= 4 is 17.4 Å². The van der Waals surface area contributed by atoms with Crippen LogP contribution in [0.25, 0.3) is 0 Å². The second-order valence-corrected chi connectivity index (χ2v) is 7.55. The van der Waals surface area contributed by atoms with Gasteiger partial charge in [-0.3, -0.25) is 4.79 Å². The predicted octanol–water partition coefficient (Wildman–Crippen LogP) is 4.02. The summed E-state index contributed by atoms with van der Waals surface area (Å²) >= 11 is 0. The number of anilines is 2. The fraction of sp³-hybridized carbons (Fsp3) is 0.476. The molecule has 1 saturated heterocycles. The van der Waals surface area contributed by atoms with E-state index in [4.69, 9.17) is 4.74 Å². The van der Waals surface area contributed by atoms with Gasteiger partial charge in [0.05, 0.1) is 5.60 Å². The number of carbonyl (C=O) groups is 1. The molecular formula is C21H26N4O2. The molecule has 6 nitrogen and oxygen atoms in total. The van der Waals surface area contributed by atoms with E-state index >= 15 is 0 Å². The summed E-state index contributed by atoms with van der Waals surface area (Å²) in [6.45, 7) is 0.794. The van der Waals surface area contributed by atoms with Gasteiger partial charge in [0.25, 0.3) is 5.91 Å². The first-order valence-corrected chi connectivity index (χ1v) is 9.83. The van der Waals surface area contributed by atoms with Crippen molar-refractivity contribution < 1.29 is 9.53 Å². The van der Waals surface area contributed by atoms with E-state index < -0.39 is 0 Å². The molecule has 1 atom stereocenters. The lowest BCUT2D eigenvalue weighted by Crippen LogP contribution is -2.45. The van der Waals surface area contributed by atoms with E-state index in [0.717, 1.165) is 38.0 Å². The number of aromatic nitrogens is 2. The van der Waals surface area contributed by atoms with Gasteiger partial charge in [-0.1, -0.05) is 37.5 Å². The van der Waals surface area contributed by atoms with Crippen molar-refractivity contribution in [1.29, 1.82) is 0 Å². The van der Waals surface area contributed by atoms with E-state index in [2.05, 4.69) is 20.8 Å². The van der Waals surface area contributed by atoms with Gasteiger partial charge in [0.1, 0.15) is 5.82 Å². The molecule has 2 aromatic rings. The van der Waals surface area contributed by atoms with Gasteiger partial charge >= 0.3 is 0 Å². The first-order valence-electron chi connectivity index (χ1n) is 9.83. The zero-order valence-corrected chi connectivity index (χ0v) is 15.5. The zero-order valence-electron chi connectivity index (χ0n) is 15.5. The highest BCUT2D eigenvalue weighted by molar-refractivity contribution is 6.02. The molecule has 1 unspecified atom stereocenters. The Bertz CT molecular complexity index is 752. The fourth-order valence-corrected chi connectivity index (χ4v) is 4.15. The average Bonchev–Trinajstić information content (AvgIpc) is 2.70. The van der Waals surface area contributed by atoms with Crippen molar-refractivity contribution in [3.05, 3.63) is 48.2 Å². The number of benzene rings is 1. The Labute approximate surface area is 159 Å². The Hall–Kier alpha value is -2.47. The van der Waals surface area contributed by atoms with Crippen LogP contribution in [0.3, 0.4) is 0 Å². The standard InChI is InChI=1S/C21H26N4O2/c26-20(23-16-7-3-1-4-8-16)18-9-10-19(25-24-18)22-17-11-14-27-21(15-17)12-5-2-6-13-21/h1,3-4,7-10,17H,2,5-6,11-15H2,(H,22,25)(H,23,26). The minimum atomic E-state index is -0.257. The highest BCUT2D eigenvalue weighted by Crippen LogP contribution is 2.39. The Morgan fingerprint density at radius 3 is 2.59 bits per heavy atom. The number of nitrogens with zero attached hydrogens (tertiary/aromatic N) is 2. The molecule has 6 heteroatoms. The molecule has 2 aliphatic rings. The summed E-state index contributed by atoms with van der Waals surface area (Å²) in [5, 5.41) is 14.6. The van der Waals surface area contributed by atoms with Gasteiger partial charge in [0.2, 0.25) is 0 Å². The van der Waals surface area contributed by atoms with Gasteiger partial charge in [-0.25, -0.2) is 0 Å². The molecule has 4 rings (SSSR count). The van der Waals surface area contributed by atoms with Crippen LogP contribution >= 0.6 is 0 Å². The van der Waals surface area contributed by atoms with Crippen molar-refractivity contribution in [2.45, 2.75) is 56.6 Å². The van der Waals surface area contributed by atoms with Crippen LogP contribution in [0.15, 0.2) is 42.5 Å². The van der Waals surface area contributed by atoms with Crippen LogP contribution in [0.2, 0.25) is 0 Å². The molecule has 1 spiro atoms. The highest BCUT2D eigenvalue weighted by Gasteiger charge is 2.38. The monoisotopic (exact) mass is 366 g/mol. The van der Waals surface area contributed by atoms with Crippen LogP contribution in [0, 0.1) is 0 Å². The third-order valence-corrected chi connectivity index (χ3v) is 5.54. The highest BCUT2D eigenvalue weighted by atomic mass is 16.5. The summed E-state index contributed by atoms with van der Waals surface area (Å²) in [6.07, 6.45) is 8.16. The maximum absolute atomic E-state index is 12.3. The number of rotatable bonds is 4. The van der Waals surface area contributed by atoms with E-state index in [1.807, 2.05) is 36.4 Å². The van der Waals surface area contributed by atoms with Gasteiger partial charge in [-0.05, 0) is 49.9 Å². The lowest BCUT2D eigenvalue weighted by atomic mass is 9.78. The average molecular weight is 366 g/mol.